The van der Waals surface area contributed by atoms with E-state index in [2.05, 4.69) is 4.98 Å². The van der Waals surface area contributed by atoms with Gasteiger partial charge >= 0.3 is 0 Å². The average Bonchev–Trinajstić information content (AvgIpc) is 2.87. The van der Waals surface area contributed by atoms with Gasteiger partial charge in [0.2, 0.25) is 5.91 Å². The van der Waals surface area contributed by atoms with Crippen molar-refractivity contribution in [3.63, 3.8) is 0 Å². The molecule has 0 fully saturated rings. The monoisotopic (exact) mass is 491 g/mol. The fourth-order valence-electron chi connectivity index (χ4n) is 3.91. The minimum absolute atomic E-state index is 0.186. The van der Waals surface area contributed by atoms with Gasteiger partial charge in [0, 0.05) is 17.7 Å². The summed E-state index contributed by atoms with van der Waals surface area (Å²) in [5.41, 5.74) is 2.95. The Morgan fingerprint density at radius 1 is 1.06 bits per heavy atom. The van der Waals surface area contributed by atoms with Crippen molar-refractivity contribution in [2.45, 2.75) is 25.8 Å². The van der Waals surface area contributed by atoms with Crippen LogP contribution in [0.5, 0.6) is 11.5 Å². The second-order valence-corrected chi connectivity index (χ2v) is 8.82. The van der Waals surface area contributed by atoms with Crippen LogP contribution in [0.3, 0.4) is 0 Å². The van der Waals surface area contributed by atoms with Crippen molar-refractivity contribution < 1.29 is 14.3 Å². The molecule has 4 rings (SSSR count). The molecule has 8 heteroatoms. The SMILES string of the molecule is COc1ccc(CN(C(=O)C(C)Cl)c2ccc(-n3c(=O)ccc4ccc(C)cc43)nc2)c(OC)c1. The van der Waals surface area contributed by atoms with Gasteiger partial charge in [-0.1, -0.05) is 12.1 Å². The van der Waals surface area contributed by atoms with E-state index >= 15 is 0 Å². The summed E-state index contributed by atoms with van der Waals surface area (Å²) < 4.78 is 12.3. The zero-order chi connectivity index (χ0) is 25.1. The van der Waals surface area contributed by atoms with E-state index in [1.165, 1.54) is 6.07 Å². The Balaban J connectivity index is 1.75. The van der Waals surface area contributed by atoms with Crippen LogP contribution < -0.4 is 19.9 Å². The lowest BCUT2D eigenvalue weighted by molar-refractivity contribution is -0.118. The van der Waals surface area contributed by atoms with Gasteiger partial charge in [-0.15, -0.1) is 11.6 Å². The van der Waals surface area contributed by atoms with E-state index < -0.39 is 5.38 Å². The Labute approximate surface area is 208 Å². The number of hydrogen-bond acceptors (Lipinski definition) is 5. The van der Waals surface area contributed by atoms with Gasteiger partial charge in [-0.25, -0.2) is 4.98 Å². The normalized spacial score (nSPS) is 11.8. The van der Waals surface area contributed by atoms with Crippen LogP contribution in [0.4, 0.5) is 5.69 Å². The van der Waals surface area contributed by atoms with Gasteiger partial charge in [-0.2, -0.15) is 0 Å². The van der Waals surface area contributed by atoms with Crippen molar-refractivity contribution in [2.24, 2.45) is 0 Å². The third-order valence-electron chi connectivity index (χ3n) is 5.75. The smallest absolute Gasteiger partial charge is 0.256 e. The molecule has 0 saturated carbocycles. The lowest BCUT2D eigenvalue weighted by Gasteiger charge is -2.25. The van der Waals surface area contributed by atoms with E-state index in [0.717, 1.165) is 22.0 Å². The molecule has 0 aliphatic rings. The number of pyridine rings is 2. The Hall–Kier alpha value is -3.84. The van der Waals surface area contributed by atoms with E-state index in [-0.39, 0.29) is 18.0 Å². The number of aryl methyl sites for hydroxylation is 1. The summed E-state index contributed by atoms with van der Waals surface area (Å²) >= 11 is 6.18. The van der Waals surface area contributed by atoms with Gasteiger partial charge in [0.05, 0.1) is 38.2 Å². The Bertz CT molecular complexity index is 1430. The van der Waals surface area contributed by atoms with Crippen LogP contribution >= 0.6 is 11.6 Å². The van der Waals surface area contributed by atoms with Gasteiger partial charge < -0.3 is 14.4 Å². The highest BCUT2D eigenvalue weighted by atomic mass is 35.5. The number of methoxy groups -OCH3 is 2. The van der Waals surface area contributed by atoms with E-state index in [9.17, 15) is 9.59 Å². The van der Waals surface area contributed by atoms with Crippen molar-refractivity contribution in [3.05, 3.63) is 88.3 Å². The number of aromatic nitrogens is 2. The van der Waals surface area contributed by atoms with E-state index in [4.69, 9.17) is 21.1 Å². The van der Waals surface area contributed by atoms with Gasteiger partial charge in [-0.05, 0) is 61.2 Å². The molecule has 1 atom stereocenters. The van der Waals surface area contributed by atoms with E-state index in [1.54, 1.807) is 67.1 Å². The lowest BCUT2D eigenvalue weighted by atomic mass is 10.1. The summed E-state index contributed by atoms with van der Waals surface area (Å²) in [7, 11) is 3.14. The molecule has 0 bridgehead atoms. The molecular weight excluding hydrogens is 466 g/mol. The molecule has 2 aromatic carbocycles. The lowest BCUT2D eigenvalue weighted by Crippen LogP contribution is -2.35. The number of amides is 1. The number of rotatable bonds is 7. The molecule has 4 aromatic rings. The van der Waals surface area contributed by atoms with Crippen molar-refractivity contribution in [2.75, 3.05) is 19.1 Å². The number of carbonyl (C=O) groups is 1. The first-order valence-corrected chi connectivity index (χ1v) is 11.5. The van der Waals surface area contributed by atoms with E-state index in [1.807, 2.05) is 31.2 Å². The molecule has 1 amide bonds. The summed E-state index contributed by atoms with van der Waals surface area (Å²) in [5.74, 6) is 1.42. The summed E-state index contributed by atoms with van der Waals surface area (Å²) in [6.45, 7) is 3.82. The second kappa shape index (κ2) is 10.2. The molecule has 0 spiro atoms. The molecule has 1 unspecified atom stereocenters. The summed E-state index contributed by atoms with van der Waals surface area (Å²) in [4.78, 5) is 31.9. The number of hydrogen-bond donors (Lipinski definition) is 0. The first-order valence-electron chi connectivity index (χ1n) is 11.1. The minimum Gasteiger partial charge on any atom is -0.497 e. The van der Waals surface area contributed by atoms with Crippen LogP contribution in [0, 0.1) is 6.92 Å². The zero-order valence-electron chi connectivity index (χ0n) is 20.0. The van der Waals surface area contributed by atoms with Crippen LogP contribution in [0.25, 0.3) is 16.7 Å². The number of halogens is 1. The predicted molar refractivity (Wildman–Crippen MR) is 138 cm³/mol. The molecule has 7 nitrogen and oxygen atoms in total. The molecule has 35 heavy (non-hydrogen) atoms. The summed E-state index contributed by atoms with van der Waals surface area (Å²) in [5, 5.41) is 0.183. The topological polar surface area (TPSA) is 73.7 Å². The Morgan fingerprint density at radius 3 is 2.49 bits per heavy atom. The van der Waals surface area contributed by atoms with Crippen molar-refractivity contribution in [1.82, 2.24) is 9.55 Å². The fraction of sp³-hybridized carbons (Fsp3) is 0.222. The van der Waals surface area contributed by atoms with Crippen molar-refractivity contribution >= 4 is 34.1 Å². The molecule has 0 N–H and O–H groups in total. The molecular formula is C27H26ClN3O4. The maximum absolute atomic E-state index is 13.0. The van der Waals surface area contributed by atoms with Crippen molar-refractivity contribution in [3.8, 4) is 17.3 Å². The number of fused-ring (bicyclic) bond motifs is 1. The quantitative estimate of drug-likeness (QED) is 0.345. The van der Waals surface area contributed by atoms with Gasteiger partial charge in [-0.3, -0.25) is 14.2 Å². The molecule has 0 saturated heterocycles. The van der Waals surface area contributed by atoms with Crippen molar-refractivity contribution in [1.29, 1.82) is 0 Å². The van der Waals surface area contributed by atoms with Crippen LogP contribution in [-0.4, -0.2) is 35.1 Å². The van der Waals surface area contributed by atoms with Gasteiger partial charge in [0.1, 0.15) is 22.7 Å². The first kappa shape index (κ1) is 24.3. The summed E-state index contributed by atoms with van der Waals surface area (Å²) in [6.07, 6.45) is 1.57. The third kappa shape index (κ3) is 5.00. The standard InChI is InChI=1S/C27H26ClN3O4/c1-17-5-6-19-8-12-26(32)31(23(19)13-17)25-11-9-21(15-29-25)30(27(33)18(2)28)16-20-7-10-22(34-3)14-24(20)35-4/h5-15,18H,16H2,1-4H3. The second-order valence-electron chi connectivity index (χ2n) is 8.16. The molecule has 180 valence electrons. The molecule has 0 aliphatic carbocycles. The zero-order valence-corrected chi connectivity index (χ0v) is 20.7. The maximum atomic E-state index is 13.0. The van der Waals surface area contributed by atoms with Crippen LogP contribution in [-0.2, 0) is 11.3 Å². The molecule has 2 aromatic heterocycles. The highest BCUT2D eigenvalue weighted by Gasteiger charge is 2.23. The maximum Gasteiger partial charge on any atom is 0.256 e. The minimum atomic E-state index is -0.748. The van der Waals surface area contributed by atoms with Crippen LogP contribution in [0.1, 0.15) is 18.1 Å². The third-order valence-corrected chi connectivity index (χ3v) is 5.94. The predicted octanol–water partition coefficient (Wildman–Crippen LogP) is 4.87. The number of nitrogens with zero attached hydrogens (tertiary/aromatic N) is 3. The number of alkyl halides is 1. The highest BCUT2D eigenvalue weighted by Crippen LogP contribution is 2.28. The first-order chi connectivity index (χ1) is 16.8. The van der Waals surface area contributed by atoms with Gasteiger partial charge in [0.15, 0.2) is 0 Å². The number of benzene rings is 2. The molecule has 0 aliphatic heterocycles. The largest absolute Gasteiger partial charge is 0.497 e. The Morgan fingerprint density at radius 2 is 1.83 bits per heavy atom. The van der Waals surface area contributed by atoms with Crippen LogP contribution in [0.2, 0.25) is 0 Å². The van der Waals surface area contributed by atoms with Gasteiger partial charge in [0.25, 0.3) is 5.56 Å². The fourth-order valence-corrected chi connectivity index (χ4v) is 4.03. The number of anilines is 1. The van der Waals surface area contributed by atoms with Crippen LogP contribution in [0.15, 0.2) is 71.7 Å². The Kier molecular flexibility index (Phi) is 7.07. The van der Waals surface area contributed by atoms with E-state index in [0.29, 0.717) is 23.0 Å². The molecule has 2 heterocycles. The number of ether oxygens (including phenoxy) is 2. The summed E-state index contributed by atoms with van der Waals surface area (Å²) in [6, 6.07) is 18.1. The average molecular weight is 492 g/mol. The highest BCUT2D eigenvalue weighted by molar-refractivity contribution is 6.32. The molecule has 0 radical (unpaired) electrons. The number of carbonyl (C=O) groups excluding carboxylic acids is 1.